The van der Waals surface area contributed by atoms with Crippen LogP contribution in [0.5, 0.6) is 0 Å². The average molecular weight is 354 g/mol. The van der Waals surface area contributed by atoms with Crippen LogP contribution in [0.3, 0.4) is 0 Å². The topological polar surface area (TPSA) is 75.3 Å². The van der Waals surface area contributed by atoms with E-state index in [0.29, 0.717) is 6.07 Å². The number of halogens is 2. The SMILES string of the molecule is CC(C)NS(=O)(=O)c1cccc(C(=O)Nc2ccc(F)cc2F)c1. The van der Waals surface area contributed by atoms with E-state index in [4.69, 9.17) is 0 Å². The molecule has 0 radical (unpaired) electrons. The molecule has 0 aliphatic rings. The van der Waals surface area contributed by atoms with Crippen LogP contribution < -0.4 is 10.0 Å². The van der Waals surface area contributed by atoms with Gasteiger partial charge in [0.05, 0.1) is 10.6 Å². The number of sulfonamides is 1. The van der Waals surface area contributed by atoms with E-state index in [1.54, 1.807) is 13.8 Å². The Kier molecular flexibility index (Phi) is 5.30. The second kappa shape index (κ2) is 7.06. The monoisotopic (exact) mass is 354 g/mol. The van der Waals surface area contributed by atoms with Gasteiger partial charge in [-0.1, -0.05) is 6.07 Å². The van der Waals surface area contributed by atoms with Crippen LogP contribution >= 0.6 is 0 Å². The maximum Gasteiger partial charge on any atom is 0.255 e. The molecule has 0 aromatic heterocycles. The molecule has 0 aliphatic heterocycles. The van der Waals surface area contributed by atoms with Crippen molar-refractivity contribution in [2.24, 2.45) is 0 Å². The molecule has 8 heteroatoms. The molecule has 0 saturated heterocycles. The molecule has 0 heterocycles. The van der Waals surface area contributed by atoms with E-state index in [1.807, 2.05) is 0 Å². The molecule has 0 fully saturated rings. The van der Waals surface area contributed by atoms with Crippen molar-refractivity contribution in [3.05, 3.63) is 59.7 Å². The minimum absolute atomic E-state index is 0.0327. The van der Waals surface area contributed by atoms with Crippen LogP contribution in [0.2, 0.25) is 0 Å². The average Bonchev–Trinajstić information content (AvgIpc) is 2.49. The minimum atomic E-state index is -3.76. The maximum atomic E-state index is 13.6. The van der Waals surface area contributed by atoms with Crippen molar-refractivity contribution < 1.29 is 22.0 Å². The highest BCUT2D eigenvalue weighted by molar-refractivity contribution is 7.89. The van der Waals surface area contributed by atoms with Gasteiger partial charge >= 0.3 is 0 Å². The lowest BCUT2D eigenvalue weighted by Crippen LogP contribution is -2.30. The van der Waals surface area contributed by atoms with Gasteiger partial charge in [0.25, 0.3) is 5.91 Å². The third kappa shape index (κ3) is 4.36. The Morgan fingerprint density at radius 3 is 2.42 bits per heavy atom. The summed E-state index contributed by atoms with van der Waals surface area (Å²) in [7, 11) is -3.76. The highest BCUT2D eigenvalue weighted by Crippen LogP contribution is 2.17. The molecule has 2 aromatic carbocycles. The lowest BCUT2D eigenvalue weighted by atomic mass is 10.2. The second-order valence-corrected chi connectivity index (χ2v) is 7.10. The normalized spacial score (nSPS) is 11.5. The molecule has 0 saturated carbocycles. The molecule has 2 rings (SSSR count). The lowest BCUT2D eigenvalue weighted by Gasteiger charge is -2.11. The fourth-order valence-electron chi connectivity index (χ4n) is 1.97. The molecule has 5 nitrogen and oxygen atoms in total. The maximum absolute atomic E-state index is 13.6. The number of nitrogens with one attached hydrogen (secondary N) is 2. The Balaban J connectivity index is 2.26. The molecule has 2 N–H and O–H groups in total. The number of carbonyl (C=O) groups is 1. The summed E-state index contributed by atoms with van der Waals surface area (Å²) >= 11 is 0. The van der Waals surface area contributed by atoms with Crippen LogP contribution in [-0.2, 0) is 10.0 Å². The van der Waals surface area contributed by atoms with Gasteiger partial charge in [-0.05, 0) is 44.2 Å². The van der Waals surface area contributed by atoms with Crippen LogP contribution in [0.15, 0.2) is 47.4 Å². The zero-order valence-electron chi connectivity index (χ0n) is 13.0. The van der Waals surface area contributed by atoms with Gasteiger partial charge in [-0.15, -0.1) is 0 Å². The van der Waals surface area contributed by atoms with Crippen molar-refractivity contribution in [3.8, 4) is 0 Å². The van der Waals surface area contributed by atoms with E-state index >= 15 is 0 Å². The molecule has 1 amide bonds. The number of hydrogen-bond acceptors (Lipinski definition) is 3. The Morgan fingerprint density at radius 1 is 1.08 bits per heavy atom. The van der Waals surface area contributed by atoms with Crippen molar-refractivity contribution in [2.75, 3.05) is 5.32 Å². The van der Waals surface area contributed by atoms with Crippen LogP contribution in [0.25, 0.3) is 0 Å². The summed E-state index contributed by atoms with van der Waals surface area (Å²) < 4.78 is 53.1. The van der Waals surface area contributed by atoms with Gasteiger partial charge in [-0.25, -0.2) is 21.9 Å². The number of carbonyl (C=O) groups excluding carboxylic acids is 1. The number of hydrogen-bond donors (Lipinski definition) is 2. The second-order valence-electron chi connectivity index (χ2n) is 5.38. The first-order valence-electron chi connectivity index (χ1n) is 7.08. The van der Waals surface area contributed by atoms with Gasteiger partial charge < -0.3 is 5.32 Å². The van der Waals surface area contributed by atoms with Crippen LogP contribution in [0.4, 0.5) is 14.5 Å². The first kappa shape index (κ1) is 18.0. The van der Waals surface area contributed by atoms with Crippen molar-refractivity contribution in [3.63, 3.8) is 0 Å². The zero-order chi connectivity index (χ0) is 17.9. The van der Waals surface area contributed by atoms with E-state index in [9.17, 15) is 22.0 Å². The Morgan fingerprint density at radius 2 is 1.79 bits per heavy atom. The van der Waals surface area contributed by atoms with Gasteiger partial charge in [-0.2, -0.15) is 0 Å². The van der Waals surface area contributed by atoms with Crippen molar-refractivity contribution in [1.82, 2.24) is 4.72 Å². The molecule has 0 aliphatic carbocycles. The Bertz CT molecular complexity index is 867. The van der Waals surface area contributed by atoms with E-state index in [2.05, 4.69) is 10.0 Å². The zero-order valence-corrected chi connectivity index (χ0v) is 13.8. The summed E-state index contributed by atoms with van der Waals surface area (Å²) in [6, 6.07) is 7.76. The lowest BCUT2D eigenvalue weighted by molar-refractivity contribution is 0.102. The first-order chi connectivity index (χ1) is 11.2. The fourth-order valence-corrected chi connectivity index (χ4v) is 3.26. The number of anilines is 1. The Hall–Kier alpha value is -2.32. The number of rotatable bonds is 5. The van der Waals surface area contributed by atoms with Gasteiger partial charge in [0.1, 0.15) is 11.6 Å². The predicted molar refractivity (Wildman–Crippen MR) is 86.2 cm³/mol. The smallest absolute Gasteiger partial charge is 0.255 e. The largest absolute Gasteiger partial charge is 0.319 e. The summed E-state index contributed by atoms with van der Waals surface area (Å²) in [5.41, 5.74) is -0.166. The molecule has 128 valence electrons. The third-order valence-corrected chi connectivity index (χ3v) is 4.63. The fraction of sp³-hybridized carbons (Fsp3) is 0.188. The molecular weight excluding hydrogens is 338 g/mol. The van der Waals surface area contributed by atoms with Crippen LogP contribution in [-0.4, -0.2) is 20.4 Å². The summed E-state index contributed by atoms with van der Waals surface area (Å²) in [6.07, 6.45) is 0. The van der Waals surface area contributed by atoms with Crippen LogP contribution in [0.1, 0.15) is 24.2 Å². The molecule has 24 heavy (non-hydrogen) atoms. The molecule has 0 bridgehead atoms. The summed E-state index contributed by atoms with van der Waals surface area (Å²) in [4.78, 5) is 12.1. The highest BCUT2D eigenvalue weighted by Gasteiger charge is 2.18. The highest BCUT2D eigenvalue weighted by atomic mass is 32.2. The first-order valence-corrected chi connectivity index (χ1v) is 8.56. The summed E-state index contributed by atoms with van der Waals surface area (Å²) in [6.45, 7) is 3.34. The number of benzene rings is 2. The third-order valence-electron chi connectivity index (χ3n) is 2.98. The van der Waals surface area contributed by atoms with Crippen molar-refractivity contribution in [1.29, 1.82) is 0 Å². The standard InChI is InChI=1S/C16H16F2N2O3S/c1-10(2)20-24(22,23)13-5-3-4-11(8-13)16(21)19-15-7-6-12(17)9-14(15)18/h3-10,20H,1-2H3,(H,19,21). The molecule has 0 unspecified atom stereocenters. The van der Waals surface area contributed by atoms with Gasteiger partial charge in [0.2, 0.25) is 10.0 Å². The quantitative estimate of drug-likeness (QED) is 0.867. The molecule has 2 aromatic rings. The summed E-state index contributed by atoms with van der Waals surface area (Å²) in [5.74, 6) is -2.39. The van der Waals surface area contributed by atoms with E-state index in [1.165, 1.54) is 24.3 Å². The van der Waals surface area contributed by atoms with E-state index in [0.717, 1.165) is 12.1 Å². The predicted octanol–water partition coefficient (Wildman–Crippen LogP) is 2.90. The number of amides is 1. The van der Waals surface area contributed by atoms with Gasteiger partial charge in [0.15, 0.2) is 0 Å². The van der Waals surface area contributed by atoms with Crippen molar-refractivity contribution in [2.45, 2.75) is 24.8 Å². The Labute approximate surface area is 138 Å². The van der Waals surface area contributed by atoms with E-state index in [-0.39, 0.29) is 22.2 Å². The van der Waals surface area contributed by atoms with Crippen LogP contribution in [0, 0.1) is 11.6 Å². The summed E-state index contributed by atoms with van der Waals surface area (Å²) in [5, 5.41) is 2.28. The van der Waals surface area contributed by atoms with Crippen molar-refractivity contribution >= 4 is 21.6 Å². The molecule has 0 atom stereocenters. The van der Waals surface area contributed by atoms with Gasteiger partial charge in [-0.3, -0.25) is 4.79 Å². The van der Waals surface area contributed by atoms with Gasteiger partial charge in [0, 0.05) is 17.7 Å². The van der Waals surface area contributed by atoms with E-state index < -0.39 is 27.6 Å². The molecular formula is C16H16F2N2O3S. The minimum Gasteiger partial charge on any atom is -0.319 e. The molecule has 0 spiro atoms.